The van der Waals surface area contributed by atoms with Crippen LogP contribution in [0.15, 0.2) is 53.7 Å². The number of nitrogens with zero attached hydrogens (tertiary/aromatic N) is 4. The lowest BCUT2D eigenvalue weighted by Gasteiger charge is -2.24. The van der Waals surface area contributed by atoms with Crippen molar-refractivity contribution in [2.75, 3.05) is 17.6 Å². The van der Waals surface area contributed by atoms with Crippen LogP contribution in [-0.4, -0.2) is 43.8 Å². The zero-order valence-corrected chi connectivity index (χ0v) is 20.7. The monoisotopic (exact) mass is 517 g/mol. The van der Waals surface area contributed by atoms with Gasteiger partial charge in [-0.2, -0.15) is 13.2 Å². The number of hydrogen-bond donors (Lipinski definition) is 1. The predicted octanol–water partition coefficient (Wildman–Crippen LogP) is 5.33. The van der Waals surface area contributed by atoms with Gasteiger partial charge in [0.25, 0.3) is 5.91 Å². The lowest BCUT2D eigenvalue weighted by atomic mass is 10.1. The van der Waals surface area contributed by atoms with E-state index in [9.17, 15) is 22.8 Å². The van der Waals surface area contributed by atoms with Crippen molar-refractivity contribution in [3.8, 4) is 0 Å². The SMILES string of the molecule is CCn1c(SCC(=O)Nc2cccc(C(F)(F)F)c2)nnc1C1CCCN1C(=O)c1cccc(C)c1. The Morgan fingerprint density at radius 3 is 2.64 bits per heavy atom. The molecule has 4 rings (SSSR count). The van der Waals surface area contributed by atoms with Crippen LogP contribution in [-0.2, 0) is 17.5 Å². The van der Waals surface area contributed by atoms with Crippen LogP contribution in [0.4, 0.5) is 18.9 Å². The van der Waals surface area contributed by atoms with Crippen LogP contribution in [0.1, 0.15) is 53.1 Å². The summed E-state index contributed by atoms with van der Waals surface area (Å²) in [5.41, 5.74) is 0.884. The molecule has 1 atom stereocenters. The number of anilines is 1. The van der Waals surface area contributed by atoms with Gasteiger partial charge in [-0.15, -0.1) is 10.2 Å². The molecule has 1 saturated heterocycles. The van der Waals surface area contributed by atoms with Crippen LogP contribution in [0.2, 0.25) is 0 Å². The van der Waals surface area contributed by atoms with E-state index < -0.39 is 17.6 Å². The maximum Gasteiger partial charge on any atom is 0.416 e. The van der Waals surface area contributed by atoms with E-state index in [0.717, 1.165) is 42.3 Å². The number of carbonyl (C=O) groups excluding carboxylic acids is 2. The Balaban J connectivity index is 1.44. The van der Waals surface area contributed by atoms with Crippen LogP contribution < -0.4 is 5.32 Å². The van der Waals surface area contributed by atoms with Crippen LogP contribution in [0.25, 0.3) is 0 Å². The molecular weight excluding hydrogens is 491 g/mol. The lowest BCUT2D eigenvalue weighted by molar-refractivity contribution is -0.137. The number of alkyl halides is 3. The number of rotatable bonds is 7. The molecule has 0 saturated carbocycles. The topological polar surface area (TPSA) is 80.1 Å². The Morgan fingerprint density at radius 2 is 1.92 bits per heavy atom. The number of aryl methyl sites for hydroxylation is 1. The first-order valence-corrected chi connectivity index (χ1v) is 12.6. The van der Waals surface area contributed by atoms with E-state index in [4.69, 9.17) is 0 Å². The molecule has 11 heteroatoms. The predicted molar refractivity (Wildman–Crippen MR) is 131 cm³/mol. The number of amides is 2. The van der Waals surface area contributed by atoms with Crippen molar-refractivity contribution >= 4 is 29.3 Å². The van der Waals surface area contributed by atoms with Gasteiger partial charge in [0.15, 0.2) is 11.0 Å². The Morgan fingerprint density at radius 1 is 1.14 bits per heavy atom. The van der Waals surface area contributed by atoms with Gasteiger partial charge in [-0.3, -0.25) is 9.59 Å². The van der Waals surface area contributed by atoms with Crippen molar-refractivity contribution in [2.24, 2.45) is 0 Å². The van der Waals surface area contributed by atoms with E-state index >= 15 is 0 Å². The highest BCUT2D eigenvalue weighted by molar-refractivity contribution is 7.99. The molecule has 0 bridgehead atoms. The summed E-state index contributed by atoms with van der Waals surface area (Å²) in [7, 11) is 0. The van der Waals surface area contributed by atoms with Gasteiger partial charge < -0.3 is 14.8 Å². The van der Waals surface area contributed by atoms with Crippen molar-refractivity contribution in [1.29, 1.82) is 0 Å². The van der Waals surface area contributed by atoms with E-state index in [1.165, 1.54) is 12.1 Å². The Kier molecular flexibility index (Phi) is 7.67. The van der Waals surface area contributed by atoms with Gasteiger partial charge in [-0.1, -0.05) is 35.5 Å². The molecule has 2 amide bonds. The van der Waals surface area contributed by atoms with E-state index in [1.54, 1.807) is 6.07 Å². The minimum absolute atomic E-state index is 0.0506. The number of carbonyl (C=O) groups is 2. The van der Waals surface area contributed by atoms with Gasteiger partial charge in [0.05, 0.1) is 17.4 Å². The molecule has 0 aliphatic carbocycles. The second kappa shape index (κ2) is 10.7. The van der Waals surface area contributed by atoms with E-state index in [2.05, 4.69) is 15.5 Å². The van der Waals surface area contributed by atoms with Crippen LogP contribution in [0, 0.1) is 6.92 Å². The van der Waals surface area contributed by atoms with Crippen LogP contribution in [0.3, 0.4) is 0 Å². The molecule has 2 heterocycles. The second-order valence-electron chi connectivity index (χ2n) is 8.53. The molecule has 1 aliphatic rings. The fourth-order valence-electron chi connectivity index (χ4n) is 4.27. The molecule has 7 nitrogen and oxygen atoms in total. The van der Waals surface area contributed by atoms with Crippen LogP contribution in [0.5, 0.6) is 0 Å². The van der Waals surface area contributed by atoms with E-state index in [-0.39, 0.29) is 23.4 Å². The highest BCUT2D eigenvalue weighted by atomic mass is 32.2. The molecular formula is C25H26F3N5O2S. The normalized spacial score (nSPS) is 15.8. The quantitative estimate of drug-likeness (QED) is 0.429. The lowest BCUT2D eigenvalue weighted by Crippen LogP contribution is -2.32. The molecule has 0 spiro atoms. The average molecular weight is 518 g/mol. The summed E-state index contributed by atoms with van der Waals surface area (Å²) in [6.45, 7) is 5.04. The van der Waals surface area contributed by atoms with E-state index in [0.29, 0.717) is 29.6 Å². The van der Waals surface area contributed by atoms with Crippen molar-refractivity contribution in [2.45, 2.75) is 50.6 Å². The third kappa shape index (κ3) is 5.72. The minimum Gasteiger partial charge on any atom is -0.328 e. The molecule has 2 aromatic carbocycles. The summed E-state index contributed by atoms with van der Waals surface area (Å²) in [6.07, 6.45) is -2.88. The number of hydrogen-bond acceptors (Lipinski definition) is 5. The third-order valence-corrected chi connectivity index (χ3v) is 6.91. The van der Waals surface area contributed by atoms with Crippen molar-refractivity contribution in [3.63, 3.8) is 0 Å². The number of benzene rings is 2. The third-order valence-electron chi connectivity index (χ3n) is 5.94. The fourth-order valence-corrected chi connectivity index (χ4v) is 5.08. The largest absolute Gasteiger partial charge is 0.416 e. The summed E-state index contributed by atoms with van der Waals surface area (Å²) >= 11 is 1.15. The fraction of sp³-hybridized carbons (Fsp3) is 0.360. The molecule has 1 fully saturated rings. The molecule has 1 aromatic heterocycles. The molecule has 190 valence electrons. The summed E-state index contributed by atoms with van der Waals surface area (Å²) in [6, 6.07) is 11.8. The first kappa shape index (κ1) is 25.7. The molecule has 0 radical (unpaired) electrons. The number of aromatic nitrogens is 3. The zero-order chi connectivity index (χ0) is 25.9. The van der Waals surface area contributed by atoms with Crippen molar-refractivity contribution in [3.05, 3.63) is 71.0 Å². The summed E-state index contributed by atoms with van der Waals surface area (Å²) < 4.78 is 40.6. The maximum atomic E-state index is 13.2. The highest BCUT2D eigenvalue weighted by Crippen LogP contribution is 2.34. The average Bonchev–Trinajstić information content (AvgIpc) is 3.48. The van der Waals surface area contributed by atoms with Gasteiger partial charge in [0.2, 0.25) is 5.91 Å². The smallest absolute Gasteiger partial charge is 0.328 e. The van der Waals surface area contributed by atoms with Crippen molar-refractivity contribution in [1.82, 2.24) is 19.7 Å². The van der Waals surface area contributed by atoms with Gasteiger partial charge >= 0.3 is 6.18 Å². The van der Waals surface area contributed by atoms with Crippen LogP contribution >= 0.6 is 11.8 Å². The molecule has 1 aliphatic heterocycles. The second-order valence-corrected chi connectivity index (χ2v) is 9.47. The Hall–Kier alpha value is -3.34. The first-order chi connectivity index (χ1) is 17.2. The van der Waals surface area contributed by atoms with Gasteiger partial charge in [0.1, 0.15) is 0 Å². The summed E-state index contributed by atoms with van der Waals surface area (Å²) in [5.74, 6) is 0.104. The standard InChI is InChI=1S/C25H26F3N5O2S/c1-3-32-22(20-11-6-12-33(20)23(35)17-8-4-7-16(2)13-17)30-31-24(32)36-15-21(34)29-19-10-5-9-18(14-19)25(26,27)28/h4-5,7-10,13-14,20H,3,6,11-12,15H2,1-2H3,(H,29,34). The Bertz CT molecular complexity index is 1260. The molecule has 3 aromatic rings. The van der Waals surface area contributed by atoms with Crippen molar-refractivity contribution < 1.29 is 22.8 Å². The van der Waals surface area contributed by atoms with Gasteiger partial charge in [-0.25, -0.2) is 0 Å². The summed E-state index contributed by atoms with van der Waals surface area (Å²) in [4.78, 5) is 27.4. The number of nitrogens with one attached hydrogen (secondary N) is 1. The zero-order valence-electron chi connectivity index (χ0n) is 19.9. The maximum absolute atomic E-state index is 13.2. The number of likely N-dealkylation sites (tertiary alicyclic amines) is 1. The number of halogens is 3. The highest BCUT2D eigenvalue weighted by Gasteiger charge is 2.35. The summed E-state index contributed by atoms with van der Waals surface area (Å²) in [5, 5.41) is 11.6. The minimum atomic E-state index is -4.49. The molecule has 36 heavy (non-hydrogen) atoms. The van der Waals surface area contributed by atoms with Gasteiger partial charge in [-0.05, 0) is 57.0 Å². The van der Waals surface area contributed by atoms with Gasteiger partial charge in [0, 0.05) is 24.3 Å². The molecule has 1 unspecified atom stereocenters. The number of thioether (sulfide) groups is 1. The molecule has 1 N–H and O–H groups in total. The first-order valence-electron chi connectivity index (χ1n) is 11.6. The van der Waals surface area contributed by atoms with E-state index in [1.807, 2.05) is 41.5 Å². The Labute approximate surface area is 211 Å².